The van der Waals surface area contributed by atoms with Gasteiger partial charge in [0.2, 0.25) is 0 Å². The van der Waals surface area contributed by atoms with Crippen molar-refractivity contribution in [2.75, 3.05) is 11.5 Å². The maximum Gasteiger partial charge on any atom is 0.271 e. The van der Waals surface area contributed by atoms with E-state index < -0.39 is 15.4 Å². The Morgan fingerprint density at radius 2 is 2.12 bits per heavy atom. The lowest BCUT2D eigenvalue weighted by atomic mass is 10.0. The monoisotopic (exact) mass is 400 g/mol. The van der Waals surface area contributed by atoms with Gasteiger partial charge in [0.15, 0.2) is 9.84 Å². The second kappa shape index (κ2) is 6.93. The highest BCUT2D eigenvalue weighted by Crippen LogP contribution is 2.24. The minimum Gasteiger partial charge on any atom is -0.486 e. The van der Waals surface area contributed by atoms with Crippen LogP contribution in [0, 0.1) is 0 Å². The standard InChI is InChI=1S/C16H17ClN2O4S2/c1-16(6-7-25(21,22)10-16)19-15(20)13-9-24-14(18-13)8-23-12-4-2-11(17)3-5-12/h2-5,9H,6-8,10H2,1H3,(H,19,20)/t16-/m1/s1. The molecule has 0 aliphatic carbocycles. The highest BCUT2D eigenvalue weighted by Gasteiger charge is 2.39. The van der Waals surface area contributed by atoms with Crippen LogP contribution < -0.4 is 10.1 Å². The van der Waals surface area contributed by atoms with Crippen molar-refractivity contribution in [3.05, 3.63) is 45.4 Å². The molecule has 6 nitrogen and oxygen atoms in total. The summed E-state index contributed by atoms with van der Waals surface area (Å²) in [6.45, 7) is 1.98. The zero-order chi connectivity index (χ0) is 18.1. The number of hydrogen-bond acceptors (Lipinski definition) is 6. The number of halogens is 1. The molecule has 3 rings (SSSR count). The predicted octanol–water partition coefficient (Wildman–Crippen LogP) is 2.68. The molecular formula is C16H17ClN2O4S2. The first-order chi connectivity index (χ1) is 11.7. The summed E-state index contributed by atoms with van der Waals surface area (Å²) < 4.78 is 28.8. The van der Waals surface area contributed by atoms with E-state index in [4.69, 9.17) is 16.3 Å². The van der Waals surface area contributed by atoms with Crippen molar-refractivity contribution >= 4 is 38.7 Å². The maximum absolute atomic E-state index is 12.3. The zero-order valence-electron chi connectivity index (χ0n) is 13.5. The highest BCUT2D eigenvalue weighted by atomic mass is 35.5. The first-order valence-electron chi connectivity index (χ1n) is 7.60. The van der Waals surface area contributed by atoms with Crippen LogP contribution in [0.2, 0.25) is 5.02 Å². The summed E-state index contributed by atoms with van der Waals surface area (Å²) in [4.78, 5) is 16.6. The molecule has 0 spiro atoms. The van der Waals surface area contributed by atoms with Gasteiger partial charge in [0.1, 0.15) is 23.1 Å². The number of aromatic nitrogens is 1. The van der Waals surface area contributed by atoms with Gasteiger partial charge in [0, 0.05) is 10.4 Å². The van der Waals surface area contributed by atoms with Crippen LogP contribution in [0.4, 0.5) is 0 Å². The van der Waals surface area contributed by atoms with Gasteiger partial charge in [-0.2, -0.15) is 0 Å². The minimum absolute atomic E-state index is 0.0393. The van der Waals surface area contributed by atoms with Gasteiger partial charge in [-0.1, -0.05) is 11.6 Å². The molecule has 1 atom stereocenters. The smallest absolute Gasteiger partial charge is 0.271 e. The Morgan fingerprint density at radius 3 is 2.76 bits per heavy atom. The lowest BCUT2D eigenvalue weighted by Gasteiger charge is -2.23. The molecule has 0 saturated carbocycles. The van der Waals surface area contributed by atoms with Gasteiger partial charge in [-0.3, -0.25) is 4.79 Å². The molecule has 0 radical (unpaired) electrons. The molecule has 134 valence electrons. The first kappa shape index (κ1) is 18.2. The summed E-state index contributed by atoms with van der Waals surface area (Å²) in [6.07, 6.45) is 0.414. The van der Waals surface area contributed by atoms with Crippen LogP contribution in [0.25, 0.3) is 0 Å². The predicted molar refractivity (Wildman–Crippen MR) is 97.0 cm³/mol. The van der Waals surface area contributed by atoms with E-state index in [-0.39, 0.29) is 29.7 Å². The van der Waals surface area contributed by atoms with Crippen molar-refractivity contribution in [1.29, 1.82) is 0 Å². The Bertz CT molecular complexity index is 880. The van der Waals surface area contributed by atoms with E-state index in [1.165, 1.54) is 11.3 Å². The van der Waals surface area contributed by atoms with Crippen molar-refractivity contribution in [3.63, 3.8) is 0 Å². The molecule has 9 heteroatoms. The SMILES string of the molecule is C[C@@]1(NC(=O)c2csc(COc3ccc(Cl)cc3)n2)CCS(=O)(=O)C1. The first-order valence-corrected chi connectivity index (χ1v) is 10.7. The van der Waals surface area contributed by atoms with Crippen LogP contribution >= 0.6 is 22.9 Å². The Labute approximate surface area is 155 Å². The lowest BCUT2D eigenvalue weighted by molar-refractivity contribution is 0.0910. The zero-order valence-corrected chi connectivity index (χ0v) is 15.9. The minimum atomic E-state index is -3.08. The molecule has 1 aliphatic heterocycles. The Hall–Kier alpha value is -1.64. The Morgan fingerprint density at radius 1 is 1.40 bits per heavy atom. The summed E-state index contributed by atoms with van der Waals surface area (Å²) in [5, 5.41) is 5.72. The number of sulfone groups is 1. The maximum atomic E-state index is 12.3. The fourth-order valence-electron chi connectivity index (χ4n) is 2.60. The fraction of sp³-hybridized carbons (Fsp3) is 0.375. The molecule has 2 aromatic rings. The highest BCUT2D eigenvalue weighted by molar-refractivity contribution is 7.91. The van der Waals surface area contributed by atoms with Gasteiger partial charge in [-0.05, 0) is 37.6 Å². The number of benzene rings is 1. The van der Waals surface area contributed by atoms with Gasteiger partial charge < -0.3 is 10.1 Å². The molecule has 1 aromatic carbocycles. The molecule has 25 heavy (non-hydrogen) atoms. The van der Waals surface area contributed by atoms with Crippen molar-refractivity contribution in [2.45, 2.75) is 25.5 Å². The number of thiazole rings is 1. The second-order valence-corrected chi connectivity index (χ2v) is 9.79. The molecule has 1 saturated heterocycles. The van der Waals surface area contributed by atoms with Crippen LogP contribution in [0.15, 0.2) is 29.6 Å². The summed E-state index contributed by atoms with van der Waals surface area (Å²) in [7, 11) is -3.08. The molecule has 1 aromatic heterocycles. The molecule has 1 aliphatic rings. The van der Waals surface area contributed by atoms with E-state index in [2.05, 4.69) is 10.3 Å². The Kier molecular flexibility index (Phi) is 5.04. The van der Waals surface area contributed by atoms with Gasteiger partial charge in [-0.25, -0.2) is 13.4 Å². The summed E-state index contributed by atoms with van der Waals surface area (Å²) >= 11 is 7.13. The fourth-order valence-corrected chi connectivity index (χ4v) is 5.51. The van der Waals surface area contributed by atoms with Gasteiger partial charge in [0.25, 0.3) is 5.91 Å². The van der Waals surface area contributed by atoms with Crippen molar-refractivity contribution in [2.24, 2.45) is 0 Å². The molecule has 0 unspecified atom stereocenters. The van der Waals surface area contributed by atoms with Gasteiger partial charge in [0.05, 0.1) is 17.0 Å². The summed E-state index contributed by atoms with van der Waals surface area (Å²) in [5.74, 6) is 0.353. The second-order valence-electron chi connectivity index (χ2n) is 6.23. The molecule has 1 amide bonds. The average Bonchev–Trinajstić information content (AvgIpc) is 3.11. The summed E-state index contributed by atoms with van der Waals surface area (Å²) in [5.41, 5.74) is -0.468. The van der Waals surface area contributed by atoms with E-state index in [0.29, 0.717) is 22.2 Å². The lowest BCUT2D eigenvalue weighted by Crippen LogP contribution is -2.47. The number of carbonyl (C=O) groups is 1. The molecule has 2 heterocycles. The van der Waals surface area contributed by atoms with Gasteiger partial charge in [-0.15, -0.1) is 11.3 Å². The largest absolute Gasteiger partial charge is 0.486 e. The quantitative estimate of drug-likeness (QED) is 0.833. The molecule has 0 bridgehead atoms. The van der Waals surface area contributed by atoms with Crippen molar-refractivity contribution in [3.8, 4) is 5.75 Å². The topological polar surface area (TPSA) is 85.4 Å². The molecule has 1 N–H and O–H groups in total. The van der Waals surface area contributed by atoms with Crippen LogP contribution in [-0.2, 0) is 16.4 Å². The van der Waals surface area contributed by atoms with Crippen LogP contribution in [0.1, 0.15) is 28.8 Å². The normalized spacial score (nSPS) is 21.8. The third kappa shape index (κ3) is 4.71. The van der Waals surface area contributed by atoms with E-state index in [0.717, 1.165) is 0 Å². The summed E-state index contributed by atoms with van der Waals surface area (Å²) in [6, 6.07) is 6.97. The number of rotatable bonds is 5. The number of carbonyl (C=O) groups excluding carboxylic acids is 1. The van der Waals surface area contributed by atoms with Crippen molar-refractivity contribution in [1.82, 2.24) is 10.3 Å². The number of ether oxygens (including phenoxy) is 1. The van der Waals surface area contributed by atoms with E-state index in [1.54, 1.807) is 36.6 Å². The third-order valence-electron chi connectivity index (χ3n) is 3.88. The van der Waals surface area contributed by atoms with Crippen molar-refractivity contribution < 1.29 is 17.9 Å². The van der Waals surface area contributed by atoms with E-state index in [9.17, 15) is 13.2 Å². The van der Waals surface area contributed by atoms with E-state index >= 15 is 0 Å². The molecular weight excluding hydrogens is 384 g/mol. The number of hydrogen-bond donors (Lipinski definition) is 1. The number of nitrogens with one attached hydrogen (secondary N) is 1. The van der Waals surface area contributed by atoms with E-state index in [1.807, 2.05) is 0 Å². The van der Waals surface area contributed by atoms with Crippen LogP contribution in [-0.4, -0.2) is 36.4 Å². The molecule has 1 fully saturated rings. The third-order valence-corrected chi connectivity index (χ3v) is 6.86. The van der Waals surface area contributed by atoms with Gasteiger partial charge >= 0.3 is 0 Å². The number of amides is 1. The Balaban J connectivity index is 1.59. The average molecular weight is 401 g/mol. The van der Waals surface area contributed by atoms with Crippen LogP contribution in [0.3, 0.4) is 0 Å². The number of nitrogens with zero attached hydrogens (tertiary/aromatic N) is 1. The van der Waals surface area contributed by atoms with Crippen LogP contribution in [0.5, 0.6) is 5.75 Å².